The average molecular weight is 808 g/mol. The van der Waals surface area contributed by atoms with Crippen molar-refractivity contribution in [2.75, 3.05) is 20.8 Å². The topological polar surface area (TPSA) is 49.8 Å². The number of ether oxygens (including phenoxy) is 1. The molecule has 0 unspecified atom stereocenters. The van der Waals surface area contributed by atoms with E-state index in [1.54, 1.807) is 0 Å². The highest BCUT2D eigenvalue weighted by Crippen LogP contribution is 2.40. The molecular formula is C53H109NO3. The molecule has 0 aliphatic rings. The van der Waals surface area contributed by atoms with Crippen molar-refractivity contribution in [3.05, 3.63) is 0 Å². The molecule has 0 heterocycles. The van der Waals surface area contributed by atoms with E-state index in [4.69, 9.17) is 9.84 Å². The third-order valence-corrected chi connectivity index (χ3v) is 12.7. The van der Waals surface area contributed by atoms with Crippen LogP contribution in [0, 0.1) is 16.7 Å². The van der Waals surface area contributed by atoms with Crippen LogP contribution in [0.5, 0.6) is 0 Å². The van der Waals surface area contributed by atoms with Crippen LogP contribution in [0.1, 0.15) is 288 Å². The van der Waals surface area contributed by atoms with Crippen LogP contribution >= 0.6 is 0 Å². The SMILES string of the molecule is CCCCCCCCCCCCCCCCC(CCCCCCCCCCCCCCCC)N(C)C(=O)C(C)(C)CC(C)(C)CCC(C)(C)OCCC(C)C.CO. The number of hydrogen-bond donors (Lipinski definition) is 1. The quantitative estimate of drug-likeness (QED) is 0.0626. The van der Waals surface area contributed by atoms with Gasteiger partial charge in [-0.1, -0.05) is 235 Å². The predicted molar refractivity (Wildman–Crippen MR) is 255 cm³/mol. The molecule has 0 aliphatic carbocycles. The van der Waals surface area contributed by atoms with Gasteiger partial charge in [0.05, 0.1) is 5.60 Å². The Morgan fingerprint density at radius 3 is 1.14 bits per heavy atom. The van der Waals surface area contributed by atoms with E-state index in [0.29, 0.717) is 17.9 Å². The van der Waals surface area contributed by atoms with Crippen LogP contribution in [-0.4, -0.2) is 48.3 Å². The Balaban J connectivity index is 0. The van der Waals surface area contributed by atoms with Crippen LogP contribution in [0.25, 0.3) is 0 Å². The highest BCUT2D eigenvalue weighted by atomic mass is 16.5. The number of unbranched alkanes of at least 4 members (excludes halogenated alkanes) is 26. The van der Waals surface area contributed by atoms with E-state index < -0.39 is 0 Å². The van der Waals surface area contributed by atoms with Crippen LogP contribution in [-0.2, 0) is 9.53 Å². The summed E-state index contributed by atoms with van der Waals surface area (Å²) in [6, 6.07) is 0.373. The van der Waals surface area contributed by atoms with Gasteiger partial charge < -0.3 is 14.7 Å². The molecule has 0 spiro atoms. The lowest BCUT2D eigenvalue weighted by Crippen LogP contribution is -2.46. The molecule has 0 atom stereocenters. The van der Waals surface area contributed by atoms with Gasteiger partial charge in [-0.2, -0.15) is 0 Å². The van der Waals surface area contributed by atoms with Gasteiger partial charge in [-0.3, -0.25) is 4.79 Å². The minimum Gasteiger partial charge on any atom is -0.400 e. The van der Waals surface area contributed by atoms with Gasteiger partial charge in [-0.05, 0) is 63.7 Å². The molecule has 0 fully saturated rings. The lowest BCUT2D eigenvalue weighted by Gasteiger charge is -2.40. The van der Waals surface area contributed by atoms with Gasteiger partial charge in [0.2, 0.25) is 5.91 Å². The number of amides is 1. The molecule has 1 amide bonds. The normalized spacial score (nSPS) is 12.4. The smallest absolute Gasteiger partial charge is 0.228 e. The number of aliphatic hydroxyl groups excluding tert-OH is 1. The van der Waals surface area contributed by atoms with E-state index in [1.165, 1.54) is 193 Å². The number of rotatable bonds is 41. The zero-order chi connectivity index (χ0) is 43.3. The van der Waals surface area contributed by atoms with Crippen molar-refractivity contribution in [3.63, 3.8) is 0 Å². The maximum absolute atomic E-state index is 14.3. The highest BCUT2D eigenvalue weighted by Gasteiger charge is 2.38. The van der Waals surface area contributed by atoms with Crippen molar-refractivity contribution >= 4 is 5.91 Å². The first-order chi connectivity index (χ1) is 27.2. The van der Waals surface area contributed by atoms with Crippen molar-refractivity contribution in [2.45, 2.75) is 299 Å². The maximum Gasteiger partial charge on any atom is 0.228 e. The molecule has 0 radical (unpaired) electrons. The summed E-state index contributed by atoms with van der Waals surface area (Å²) in [4.78, 5) is 16.5. The summed E-state index contributed by atoms with van der Waals surface area (Å²) in [7, 11) is 3.14. The third-order valence-electron chi connectivity index (χ3n) is 12.7. The standard InChI is InChI=1S/C52H105NO2.CH4O/c1-12-14-16-18-20-22-24-26-28-30-32-34-36-38-40-48(41-39-37-35-33-31-29-27-25-23-21-19-17-15-13-2)53(11)49(54)51(7,8)46-50(5,6)43-44-52(9,10)55-45-42-47(3)4;1-2/h47-48H,12-46H2,1-11H3;2H,1H3. The summed E-state index contributed by atoms with van der Waals surface area (Å²) in [6.45, 7) is 23.6. The molecule has 0 bridgehead atoms. The van der Waals surface area contributed by atoms with Crippen LogP contribution < -0.4 is 0 Å². The second-order valence-corrected chi connectivity index (χ2v) is 20.9. The Labute approximate surface area is 361 Å². The van der Waals surface area contributed by atoms with Gasteiger partial charge in [0, 0.05) is 32.2 Å². The molecule has 0 aromatic heterocycles. The molecule has 0 rings (SSSR count). The van der Waals surface area contributed by atoms with E-state index in [0.717, 1.165) is 39.4 Å². The second-order valence-electron chi connectivity index (χ2n) is 20.9. The fourth-order valence-corrected chi connectivity index (χ4v) is 8.97. The predicted octanol–water partition coefficient (Wildman–Crippen LogP) is 17.2. The molecule has 0 saturated carbocycles. The zero-order valence-electron chi connectivity index (χ0n) is 41.6. The lowest BCUT2D eigenvalue weighted by molar-refractivity contribution is -0.143. The molecule has 0 aromatic carbocycles. The van der Waals surface area contributed by atoms with Crippen LogP contribution in [0.3, 0.4) is 0 Å². The van der Waals surface area contributed by atoms with Gasteiger partial charge >= 0.3 is 0 Å². The maximum atomic E-state index is 14.3. The second kappa shape index (κ2) is 38.3. The van der Waals surface area contributed by atoms with E-state index in [1.807, 2.05) is 0 Å². The van der Waals surface area contributed by atoms with Crippen molar-refractivity contribution < 1.29 is 14.6 Å². The highest BCUT2D eigenvalue weighted by molar-refractivity contribution is 5.82. The molecule has 344 valence electrons. The Kier molecular flexibility index (Phi) is 39.3. The first kappa shape index (κ1) is 58.5. The van der Waals surface area contributed by atoms with Crippen molar-refractivity contribution in [3.8, 4) is 0 Å². The first-order valence-corrected chi connectivity index (χ1v) is 25.5. The Bertz CT molecular complexity index is 817. The molecule has 4 nitrogen and oxygen atoms in total. The van der Waals surface area contributed by atoms with Gasteiger partial charge in [-0.25, -0.2) is 0 Å². The van der Waals surface area contributed by atoms with E-state index in [-0.39, 0.29) is 16.4 Å². The zero-order valence-corrected chi connectivity index (χ0v) is 41.6. The molecule has 57 heavy (non-hydrogen) atoms. The van der Waals surface area contributed by atoms with Crippen molar-refractivity contribution in [1.29, 1.82) is 0 Å². The number of hydrogen-bond acceptors (Lipinski definition) is 3. The van der Waals surface area contributed by atoms with Gasteiger partial charge in [-0.15, -0.1) is 0 Å². The summed E-state index contributed by atoms with van der Waals surface area (Å²) in [6.07, 6.45) is 45.5. The average Bonchev–Trinajstić information content (AvgIpc) is 3.16. The van der Waals surface area contributed by atoms with Crippen LogP contribution in [0.4, 0.5) is 0 Å². The molecule has 0 aromatic rings. The number of carbonyl (C=O) groups is 1. The minimum absolute atomic E-state index is 0.0808. The van der Waals surface area contributed by atoms with Crippen LogP contribution in [0.2, 0.25) is 0 Å². The largest absolute Gasteiger partial charge is 0.400 e. The molecule has 4 heteroatoms. The Hall–Kier alpha value is -0.610. The Morgan fingerprint density at radius 1 is 0.509 bits per heavy atom. The molecule has 1 N–H and O–H groups in total. The number of carbonyl (C=O) groups excluding carboxylic acids is 1. The monoisotopic (exact) mass is 808 g/mol. The molecular weight excluding hydrogens is 699 g/mol. The summed E-state index contributed by atoms with van der Waals surface area (Å²) >= 11 is 0. The van der Waals surface area contributed by atoms with Crippen LogP contribution in [0.15, 0.2) is 0 Å². The first-order valence-electron chi connectivity index (χ1n) is 25.5. The van der Waals surface area contributed by atoms with Gasteiger partial charge in [0.25, 0.3) is 0 Å². The fourth-order valence-electron chi connectivity index (χ4n) is 8.97. The summed E-state index contributed by atoms with van der Waals surface area (Å²) in [5.74, 6) is 1.03. The molecule has 0 saturated heterocycles. The van der Waals surface area contributed by atoms with Crippen molar-refractivity contribution in [1.82, 2.24) is 4.90 Å². The number of aliphatic hydroxyl groups is 1. The summed E-state index contributed by atoms with van der Waals surface area (Å²) in [5.41, 5.74) is -0.412. The van der Waals surface area contributed by atoms with E-state index >= 15 is 0 Å². The van der Waals surface area contributed by atoms with E-state index in [2.05, 4.69) is 81.2 Å². The molecule has 0 aliphatic heterocycles. The third kappa shape index (κ3) is 36.9. The van der Waals surface area contributed by atoms with Crippen molar-refractivity contribution in [2.24, 2.45) is 16.7 Å². The summed E-state index contributed by atoms with van der Waals surface area (Å²) < 4.78 is 6.31. The van der Waals surface area contributed by atoms with Gasteiger partial charge in [0.15, 0.2) is 0 Å². The number of nitrogens with zero attached hydrogens (tertiary/aromatic N) is 1. The Morgan fingerprint density at radius 2 is 0.825 bits per heavy atom. The van der Waals surface area contributed by atoms with Gasteiger partial charge in [0.1, 0.15) is 0 Å². The lowest BCUT2D eigenvalue weighted by atomic mass is 9.71. The summed E-state index contributed by atoms with van der Waals surface area (Å²) in [5, 5.41) is 7.00. The minimum atomic E-state index is -0.371. The fraction of sp³-hybridized carbons (Fsp3) is 0.981. The van der Waals surface area contributed by atoms with E-state index in [9.17, 15) is 4.79 Å².